The molecular formula is C23H23N5O3. The highest BCUT2D eigenvalue weighted by molar-refractivity contribution is 5.79. The van der Waals surface area contributed by atoms with E-state index in [1.54, 1.807) is 21.0 Å². The van der Waals surface area contributed by atoms with Crippen LogP contribution in [0.5, 0.6) is 5.75 Å². The monoisotopic (exact) mass is 417 g/mol. The molecule has 8 heteroatoms. The average Bonchev–Trinajstić information content (AvgIpc) is 3.16. The highest BCUT2D eigenvalue weighted by atomic mass is 16.5. The van der Waals surface area contributed by atoms with Gasteiger partial charge in [-0.05, 0) is 37.1 Å². The number of nitrogens with zero attached hydrogens (tertiary/aromatic N) is 3. The smallest absolute Gasteiger partial charge is 0.264 e. The summed E-state index contributed by atoms with van der Waals surface area (Å²) in [7, 11) is 1.61. The number of amides is 1. The van der Waals surface area contributed by atoms with Gasteiger partial charge in [0.05, 0.1) is 25.3 Å². The van der Waals surface area contributed by atoms with Crippen LogP contribution < -0.4 is 15.6 Å². The molecule has 2 N–H and O–H groups in total. The second kappa shape index (κ2) is 8.43. The summed E-state index contributed by atoms with van der Waals surface area (Å²) in [5, 5.41) is 9.82. The molecule has 0 aliphatic carbocycles. The van der Waals surface area contributed by atoms with E-state index in [1.165, 1.54) is 4.40 Å². The highest BCUT2D eigenvalue weighted by Gasteiger charge is 2.20. The van der Waals surface area contributed by atoms with Crippen LogP contribution in [0, 0.1) is 13.8 Å². The number of H-pyrrole nitrogens is 1. The minimum atomic E-state index is -0.366. The van der Waals surface area contributed by atoms with Gasteiger partial charge in [0.25, 0.3) is 5.56 Å². The van der Waals surface area contributed by atoms with Crippen molar-refractivity contribution in [2.24, 2.45) is 0 Å². The maximum absolute atomic E-state index is 13.0. The van der Waals surface area contributed by atoms with Crippen LogP contribution in [-0.2, 0) is 11.2 Å². The molecule has 2 aromatic heterocycles. The SMILES string of the molecule is COc1ccc([C@H](NC(=O)Cc2c(C)nc3[nH]nc(C)n3c2=O)c2ccccc2)cc1. The Bertz CT molecular complexity index is 1280. The van der Waals surface area contributed by atoms with Crippen molar-refractivity contribution in [3.63, 3.8) is 0 Å². The Kier molecular flexibility index (Phi) is 5.53. The summed E-state index contributed by atoms with van der Waals surface area (Å²) in [5.41, 5.74) is 2.41. The lowest BCUT2D eigenvalue weighted by molar-refractivity contribution is -0.121. The lowest BCUT2D eigenvalue weighted by atomic mass is 9.98. The lowest BCUT2D eigenvalue weighted by Crippen LogP contribution is -2.33. The number of nitrogens with one attached hydrogen (secondary N) is 2. The lowest BCUT2D eigenvalue weighted by Gasteiger charge is -2.20. The molecule has 0 radical (unpaired) electrons. The van der Waals surface area contributed by atoms with Crippen LogP contribution >= 0.6 is 0 Å². The number of ether oxygens (including phenoxy) is 1. The first-order valence-electron chi connectivity index (χ1n) is 9.89. The summed E-state index contributed by atoms with van der Waals surface area (Å²) in [6.45, 7) is 3.43. The Morgan fingerprint density at radius 2 is 1.77 bits per heavy atom. The van der Waals surface area contributed by atoms with Crippen LogP contribution in [-0.4, -0.2) is 32.6 Å². The first-order chi connectivity index (χ1) is 15.0. The van der Waals surface area contributed by atoms with Gasteiger partial charge in [0.2, 0.25) is 11.7 Å². The standard InChI is InChI=1S/C23H23N5O3/c1-14-19(22(30)28-15(2)26-27-23(28)24-14)13-20(29)25-21(16-7-5-4-6-8-16)17-9-11-18(31-3)12-10-17/h4-12,21H,13H2,1-3H3,(H,24,27)(H,25,29)/t21-/m1/s1. The van der Waals surface area contributed by atoms with E-state index in [2.05, 4.69) is 20.5 Å². The zero-order valence-corrected chi connectivity index (χ0v) is 17.5. The molecular weight excluding hydrogens is 394 g/mol. The Morgan fingerprint density at radius 1 is 1.10 bits per heavy atom. The van der Waals surface area contributed by atoms with Crippen LogP contribution in [0.2, 0.25) is 0 Å². The number of methoxy groups -OCH3 is 1. The number of hydrogen-bond acceptors (Lipinski definition) is 5. The van der Waals surface area contributed by atoms with E-state index >= 15 is 0 Å². The number of rotatable bonds is 6. The molecule has 4 rings (SSSR count). The number of benzene rings is 2. The van der Waals surface area contributed by atoms with E-state index in [9.17, 15) is 9.59 Å². The third kappa shape index (κ3) is 4.05. The predicted octanol–water partition coefficient (Wildman–Crippen LogP) is 2.49. The van der Waals surface area contributed by atoms with E-state index in [0.29, 0.717) is 22.9 Å². The topological polar surface area (TPSA) is 101 Å². The number of fused-ring (bicyclic) bond motifs is 1. The molecule has 4 aromatic rings. The fourth-order valence-corrected chi connectivity index (χ4v) is 3.60. The fourth-order valence-electron chi connectivity index (χ4n) is 3.60. The third-order valence-electron chi connectivity index (χ3n) is 5.25. The molecule has 1 atom stereocenters. The number of hydrogen-bond donors (Lipinski definition) is 2. The molecule has 0 aliphatic heterocycles. The van der Waals surface area contributed by atoms with Crippen molar-refractivity contribution in [3.05, 3.63) is 93.2 Å². The molecule has 0 spiro atoms. The normalized spacial score (nSPS) is 12.0. The number of aromatic amines is 1. The number of carbonyl (C=O) groups excluding carboxylic acids is 1. The van der Waals surface area contributed by atoms with Crippen LogP contribution in [0.1, 0.15) is 34.3 Å². The highest BCUT2D eigenvalue weighted by Crippen LogP contribution is 2.24. The fraction of sp³-hybridized carbons (Fsp3) is 0.217. The molecule has 1 amide bonds. The number of aromatic nitrogens is 4. The zero-order valence-electron chi connectivity index (χ0n) is 17.5. The summed E-state index contributed by atoms with van der Waals surface area (Å²) in [6, 6.07) is 16.9. The molecule has 2 heterocycles. The summed E-state index contributed by atoms with van der Waals surface area (Å²) in [5.74, 6) is 1.33. The Hall–Kier alpha value is -3.94. The van der Waals surface area contributed by atoms with Crippen molar-refractivity contribution < 1.29 is 9.53 Å². The third-order valence-corrected chi connectivity index (χ3v) is 5.25. The molecule has 0 saturated heterocycles. The summed E-state index contributed by atoms with van der Waals surface area (Å²) in [4.78, 5) is 30.3. The molecule has 0 aliphatic rings. The van der Waals surface area contributed by atoms with Gasteiger partial charge < -0.3 is 10.1 Å². The number of carbonyl (C=O) groups is 1. The number of aryl methyl sites for hydroxylation is 2. The molecule has 158 valence electrons. The van der Waals surface area contributed by atoms with E-state index in [4.69, 9.17) is 4.74 Å². The van der Waals surface area contributed by atoms with E-state index < -0.39 is 0 Å². The van der Waals surface area contributed by atoms with E-state index in [0.717, 1.165) is 16.9 Å². The van der Waals surface area contributed by atoms with Gasteiger partial charge in [-0.25, -0.2) is 14.5 Å². The molecule has 0 bridgehead atoms. The van der Waals surface area contributed by atoms with Gasteiger partial charge in [-0.3, -0.25) is 9.59 Å². The Balaban J connectivity index is 1.64. The minimum Gasteiger partial charge on any atom is -0.497 e. The summed E-state index contributed by atoms with van der Waals surface area (Å²) in [6.07, 6.45) is -0.0787. The maximum Gasteiger partial charge on any atom is 0.264 e. The van der Waals surface area contributed by atoms with E-state index in [1.807, 2.05) is 54.6 Å². The van der Waals surface area contributed by atoms with Crippen molar-refractivity contribution in [2.75, 3.05) is 7.11 Å². The van der Waals surface area contributed by atoms with Crippen molar-refractivity contribution in [3.8, 4) is 5.75 Å². The van der Waals surface area contributed by atoms with Crippen LogP contribution in [0.25, 0.3) is 5.78 Å². The first kappa shape index (κ1) is 20.3. The second-order valence-corrected chi connectivity index (χ2v) is 7.27. The average molecular weight is 417 g/mol. The van der Waals surface area contributed by atoms with Crippen molar-refractivity contribution in [1.29, 1.82) is 0 Å². The second-order valence-electron chi connectivity index (χ2n) is 7.27. The van der Waals surface area contributed by atoms with Gasteiger partial charge in [-0.1, -0.05) is 42.5 Å². The quantitative estimate of drug-likeness (QED) is 0.502. The van der Waals surface area contributed by atoms with Crippen LogP contribution in [0.4, 0.5) is 0 Å². The van der Waals surface area contributed by atoms with Gasteiger partial charge in [-0.2, -0.15) is 5.10 Å². The van der Waals surface area contributed by atoms with Gasteiger partial charge in [0, 0.05) is 5.56 Å². The van der Waals surface area contributed by atoms with Crippen LogP contribution in [0.3, 0.4) is 0 Å². The molecule has 31 heavy (non-hydrogen) atoms. The van der Waals surface area contributed by atoms with E-state index in [-0.39, 0.29) is 23.9 Å². The van der Waals surface area contributed by atoms with Crippen LogP contribution in [0.15, 0.2) is 59.4 Å². The van der Waals surface area contributed by atoms with Crippen molar-refractivity contribution in [2.45, 2.75) is 26.3 Å². The van der Waals surface area contributed by atoms with Gasteiger partial charge >= 0.3 is 0 Å². The molecule has 0 fully saturated rings. The predicted molar refractivity (Wildman–Crippen MR) is 116 cm³/mol. The largest absolute Gasteiger partial charge is 0.497 e. The first-order valence-corrected chi connectivity index (χ1v) is 9.89. The van der Waals surface area contributed by atoms with Crippen molar-refractivity contribution in [1.82, 2.24) is 24.9 Å². The van der Waals surface area contributed by atoms with Gasteiger partial charge in [-0.15, -0.1) is 0 Å². The molecule has 0 saturated carbocycles. The van der Waals surface area contributed by atoms with Gasteiger partial charge in [0.1, 0.15) is 11.6 Å². The Labute approximate surface area is 178 Å². The molecule has 0 unspecified atom stereocenters. The molecule has 2 aromatic carbocycles. The minimum absolute atomic E-state index is 0.0787. The maximum atomic E-state index is 13.0. The zero-order chi connectivity index (χ0) is 22.0. The van der Waals surface area contributed by atoms with Crippen molar-refractivity contribution >= 4 is 11.7 Å². The summed E-state index contributed by atoms with van der Waals surface area (Å²) >= 11 is 0. The summed E-state index contributed by atoms with van der Waals surface area (Å²) < 4.78 is 6.62. The van der Waals surface area contributed by atoms with Gasteiger partial charge in [0.15, 0.2) is 0 Å². The molecule has 8 nitrogen and oxygen atoms in total. The Morgan fingerprint density at radius 3 is 2.45 bits per heavy atom.